The van der Waals surface area contributed by atoms with Gasteiger partial charge in [-0.1, -0.05) is 35.9 Å². The van der Waals surface area contributed by atoms with Gasteiger partial charge in [-0.25, -0.2) is 0 Å². The van der Waals surface area contributed by atoms with Gasteiger partial charge in [-0.3, -0.25) is 9.59 Å². The predicted molar refractivity (Wildman–Crippen MR) is 84.3 cm³/mol. The summed E-state index contributed by atoms with van der Waals surface area (Å²) in [6, 6.07) is 11.1. The van der Waals surface area contributed by atoms with Crippen molar-refractivity contribution in [3.05, 3.63) is 57.2 Å². The van der Waals surface area contributed by atoms with E-state index in [1.54, 1.807) is 6.07 Å². The van der Waals surface area contributed by atoms with Gasteiger partial charge in [0.05, 0.1) is 13.0 Å². The third-order valence-corrected chi connectivity index (χ3v) is 4.04. The minimum Gasteiger partial charge on any atom is -0.350 e. The van der Waals surface area contributed by atoms with Crippen LogP contribution in [0.15, 0.2) is 41.8 Å². The Hall–Kier alpha value is -1.85. The van der Waals surface area contributed by atoms with Gasteiger partial charge in [0.25, 0.3) is 0 Å². The predicted octanol–water partition coefficient (Wildman–Crippen LogP) is 2.38. The standard InChI is InChI=1S/C15H15ClN2O2S/c16-13-6-2-1-4-11(13)9-17-15(20)10-18-14(19)8-12-5-3-7-21-12/h1-7H,8-10H2,(H,17,20)(H,18,19). The molecule has 0 aliphatic rings. The van der Waals surface area contributed by atoms with Gasteiger partial charge in [0.1, 0.15) is 0 Å². The highest BCUT2D eigenvalue weighted by molar-refractivity contribution is 7.10. The second-order valence-electron chi connectivity index (χ2n) is 4.40. The van der Waals surface area contributed by atoms with Crippen molar-refractivity contribution in [3.63, 3.8) is 0 Å². The molecule has 0 saturated carbocycles. The summed E-state index contributed by atoms with van der Waals surface area (Å²) in [7, 11) is 0. The lowest BCUT2D eigenvalue weighted by Gasteiger charge is -2.08. The topological polar surface area (TPSA) is 58.2 Å². The summed E-state index contributed by atoms with van der Waals surface area (Å²) in [5, 5.41) is 7.84. The van der Waals surface area contributed by atoms with Crippen LogP contribution in [0.25, 0.3) is 0 Å². The molecule has 2 N–H and O–H groups in total. The lowest BCUT2D eigenvalue weighted by molar-refractivity contribution is -0.125. The first-order chi connectivity index (χ1) is 10.1. The molecule has 2 amide bonds. The third kappa shape index (κ3) is 5.21. The number of benzene rings is 1. The van der Waals surface area contributed by atoms with Gasteiger partial charge >= 0.3 is 0 Å². The number of hydrogen-bond acceptors (Lipinski definition) is 3. The molecule has 0 unspecified atom stereocenters. The highest BCUT2D eigenvalue weighted by atomic mass is 35.5. The summed E-state index contributed by atoms with van der Waals surface area (Å²) in [4.78, 5) is 24.3. The average molecular weight is 323 g/mol. The Balaban J connectivity index is 1.70. The second-order valence-corrected chi connectivity index (χ2v) is 5.84. The van der Waals surface area contributed by atoms with Crippen LogP contribution in [0, 0.1) is 0 Å². The molecule has 0 aliphatic heterocycles. The smallest absolute Gasteiger partial charge is 0.239 e. The molecule has 0 atom stereocenters. The fraction of sp³-hybridized carbons (Fsp3) is 0.200. The van der Waals surface area contributed by atoms with Crippen molar-refractivity contribution in [2.45, 2.75) is 13.0 Å². The van der Waals surface area contributed by atoms with E-state index < -0.39 is 0 Å². The first-order valence-corrected chi connectivity index (χ1v) is 7.70. The van der Waals surface area contributed by atoms with E-state index in [9.17, 15) is 9.59 Å². The highest BCUT2D eigenvalue weighted by Crippen LogP contribution is 2.14. The molecule has 4 nitrogen and oxygen atoms in total. The number of rotatable bonds is 6. The maximum atomic E-state index is 11.7. The fourth-order valence-corrected chi connectivity index (χ4v) is 2.62. The van der Waals surface area contributed by atoms with Crippen molar-refractivity contribution in [2.24, 2.45) is 0 Å². The SMILES string of the molecule is O=C(CNC(=O)Cc1cccs1)NCc1ccccc1Cl. The van der Waals surface area contributed by atoms with Crippen LogP contribution in [0.4, 0.5) is 0 Å². The van der Waals surface area contributed by atoms with Gasteiger partial charge in [-0.15, -0.1) is 11.3 Å². The number of carbonyl (C=O) groups excluding carboxylic acids is 2. The third-order valence-electron chi connectivity index (χ3n) is 2.79. The summed E-state index contributed by atoms with van der Waals surface area (Å²) in [5.74, 6) is -0.403. The maximum absolute atomic E-state index is 11.7. The van der Waals surface area contributed by atoms with Gasteiger partial charge in [0, 0.05) is 16.4 Å². The van der Waals surface area contributed by atoms with Crippen LogP contribution in [0.5, 0.6) is 0 Å². The number of halogens is 1. The molecule has 0 radical (unpaired) electrons. The zero-order valence-corrected chi connectivity index (χ0v) is 12.8. The molecule has 1 aromatic heterocycles. The van der Waals surface area contributed by atoms with E-state index in [0.29, 0.717) is 18.0 Å². The van der Waals surface area contributed by atoms with Gasteiger partial charge in [-0.2, -0.15) is 0 Å². The van der Waals surface area contributed by atoms with E-state index in [1.165, 1.54) is 11.3 Å². The first kappa shape index (κ1) is 15.5. The maximum Gasteiger partial charge on any atom is 0.239 e. The van der Waals surface area contributed by atoms with Gasteiger partial charge in [0.2, 0.25) is 11.8 Å². The van der Waals surface area contributed by atoms with Gasteiger partial charge in [-0.05, 0) is 23.1 Å². The Morgan fingerprint density at radius 3 is 2.57 bits per heavy atom. The summed E-state index contributed by atoms with van der Waals surface area (Å²) in [6.07, 6.45) is 0.301. The van der Waals surface area contributed by atoms with E-state index in [0.717, 1.165) is 10.4 Å². The van der Waals surface area contributed by atoms with Crippen molar-refractivity contribution in [1.29, 1.82) is 0 Å². The molecule has 0 bridgehead atoms. The molecule has 2 rings (SSSR count). The van der Waals surface area contributed by atoms with Crippen molar-refractivity contribution >= 4 is 34.8 Å². The minimum atomic E-state index is -0.241. The monoisotopic (exact) mass is 322 g/mol. The Kier molecular flexibility index (Phi) is 5.78. The molecule has 0 spiro atoms. The van der Waals surface area contributed by atoms with E-state index >= 15 is 0 Å². The lowest BCUT2D eigenvalue weighted by atomic mass is 10.2. The largest absolute Gasteiger partial charge is 0.350 e. The van der Waals surface area contributed by atoms with Crippen LogP contribution in [0.3, 0.4) is 0 Å². The van der Waals surface area contributed by atoms with E-state index in [2.05, 4.69) is 10.6 Å². The zero-order valence-electron chi connectivity index (χ0n) is 11.3. The van der Waals surface area contributed by atoms with Crippen molar-refractivity contribution in [2.75, 3.05) is 6.54 Å². The number of amides is 2. The lowest BCUT2D eigenvalue weighted by Crippen LogP contribution is -2.37. The molecule has 6 heteroatoms. The quantitative estimate of drug-likeness (QED) is 0.858. The Labute approximate surface area is 132 Å². The number of carbonyl (C=O) groups is 2. The Bertz CT molecular complexity index is 614. The average Bonchev–Trinajstić information content (AvgIpc) is 2.97. The molecular weight excluding hydrogens is 308 g/mol. The van der Waals surface area contributed by atoms with Crippen LogP contribution in [0.2, 0.25) is 5.02 Å². The molecule has 2 aromatic rings. The van der Waals surface area contributed by atoms with Gasteiger partial charge < -0.3 is 10.6 Å². The molecule has 110 valence electrons. The molecule has 0 saturated heterocycles. The van der Waals surface area contributed by atoms with E-state index in [1.807, 2.05) is 35.7 Å². The van der Waals surface area contributed by atoms with Crippen LogP contribution in [-0.2, 0) is 22.6 Å². The molecule has 21 heavy (non-hydrogen) atoms. The van der Waals surface area contributed by atoms with Crippen molar-refractivity contribution < 1.29 is 9.59 Å². The Morgan fingerprint density at radius 2 is 1.86 bits per heavy atom. The van der Waals surface area contributed by atoms with Crippen LogP contribution in [0.1, 0.15) is 10.4 Å². The zero-order chi connectivity index (χ0) is 15.1. The molecule has 1 aromatic carbocycles. The molecular formula is C15H15ClN2O2S. The molecule has 0 fully saturated rings. The number of thiophene rings is 1. The molecule has 1 heterocycles. The normalized spacial score (nSPS) is 10.1. The summed E-state index contributed by atoms with van der Waals surface area (Å²) < 4.78 is 0. The summed E-state index contributed by atoms with van der Waals surface area (Å²) >= 11 is 7.51. The first-order valence-electron chi connectivity index (χ1n) is 6.44. The van der Waals surface area contributed by atoms with E-state index in [4.69, 9.17) is 11.6 Å². The number of nitrogens with one attached hydrogen (secondary N) is 2. The molecule has 0 aliphatic carbocycles. The van der Waals surface area contributed by atoms with Gasteiger partial charge in [0.15, 0.2) is 0 Å². The fourth-order valence-electron chi connectivity index (χ4n) is 1.71. The second kappa shape index (κ2) is 7.81. The van der Waals surface area contributed by atoms with Crippen LogP contribution in [-0.4, -0.2) is 18.4 Å². The van der Waals surface area contributed by atoms with Crippen LogP contribution < -0.4 is 10.6 Å². The van der Waals surface area contributed by atoms with Crippen LogP contribution >= 0.6 is 22.9 Å². The summed E-state index contributed by atoms with van der Waals surface area (Å²) in [6.45, 7) is 0.313. The van der Waals surface area contributed by atoms with Crippen molar-refractivity contribution in [1.82, 2.24) is 10.6 Å². The minimum absolute atomic E-state index is 0.0331. The number of hydrogen-bond donors (Lipinski definition) is 2. The Morgan fingerprint density at radius 1 is 1.05 bits per heavy atom. The summed E-state index contributed by atoms with van der Waals surface area (Å²) in [5.41, 5.74) is 0.845. The van der Waals surface area contributed by atoms with Crippen molar-refractivity contribution in [3.8, 4) is 0 Å². The van der Waals surface area contributed by atoms with E-state index in [-0.39, 0.29) is 18.4 Å². The highest BCUT2D eigenvalue weighted by Gasteiger charge is 2.07.